The van der Waals surface area contributed by atoms with Crippen LogP contribution < -0.4 is 32.7 Å². The van der Waals surface area contributed by atoms with Gasteiger partial charge in [-0.2, -0.15) is 0 Å². The highest BCUT2D eigenvalue weighted by Gasteiger charge is 2.33. The molecule has 6 atom stereocenters. The number of rotatable bonds is 18. The van der Waals surface area contributed by atoms with Gasteiger partial charge in [0.05, 0.1) is 25.4 Å². The molecule has 0 aliphatic carbocycles. The van der Waals surface area contributed by atoms with E-state index in [0.717, 1.165) is 0 Å². The average molecular weight is 585 g/mol. The van der Waals surface area contributed by atoms with E-state index in [1.165, 1.54) is 31.2 Å². The predicted octanol–water partition coefficient (Wildman–Crippen LogP) is -4.22. The Morgan fingerprint density at radius 3 is 1.85 bits per heavy atom. The summed E-state index contributed by atoms with van der Waals surface area (Å²) in [5, 5.41) is 56.3. The maximum atomic E-state index is 13.3. The van der Waals surface area contributed by atoms with Gasteiger partial charge < -0.3 is 58.3 Å². The zero-order valence-electron chi connectivity index (χ0n) is 22.7. The number of unbranched alkanes of at least 4 members (excludes halogenated alkanes) is 1. The summed E-state index contributed by atoms with van der Waals surface area (Å²) in [6.45, 7) is -0.336. The van der Waals surface area contributed by atoms with Crippen LogP contribution in [0, 0.1) is 0 Å². The second-order valence-electron chi connectivity index (χ2n) is 9.38. The monoisotopic (exact) mass is 584 g/mol. The summed E-state index contributed by atoms with van der Waals surface area (Å²) in [7, 11) is 0. The summed E-state index contributed by atoms with van der Waals surface area (Å²) in [4.78, 5) is 62.2. The summed E-state index contributed by atoms with van der Waals surface area (Å²) in [6, 6.07) is -1.50. The quantitative estimate of drug-likeness (QED) is 0.0732. The van der Waals surface area contributed by atoms with Crippen LogP contribution in [0.15, 0.2) is 24.3 Å². The Kier molecular flexibility index (Phi) is 15.3. The highest BCUT2D eigenvalue weighted by atomic mass is 16.4. The first kappa shape index (κ1) is 35.2. The molecule has 16 heteroatoms. The first-order chi connectivity index (χ1) is 19.3. The minimum Gasteiger partial charge on any atom is -0.508 e. The third-order valence-electron chi connectivity index (χ3n) is 5.99. The van der Waals surface area contributed by atoms with Crippen LogP contribution >= 0.6 is 0 Å². The van der Waals surface area contributed by atoms with Crippen LogP contribution in [0.2, 0.25) is 0 Å². The molecule has 230 valence electrons. The molecule has 0 aromatic heterocycles. The first-order valence-corrected chi connectivity index (χ1v) is 12.9. The number of carbonyl (C=O) groups is 5. The normalized spacial score (nSPS) is 15.4. The number of carboxylic acids is 1. The van der Waals surface area contributed by atoms with Crippen LogP contribution in [0.1, 0.15) is 31.7 Å². The average Bonchev–Trinajstić information content (AvgIpc) is 2.93. The number of hydrogen-bond acceptors (Lipinski definition) is 11. The van der Waals surface area contributed by atoms with E-state index in [-0.39, 0.29) is 12.2 Å². The van der Waals surface area contributed by atoms with Gasteiger partial charge in [-0.3, -0.25) is 19.2 Å². The number of benzene rings is 1. The standard InChI is InChI=1S/C25H40N6O10/c1-13(34)20(24(39)29-18(11-32)23(38)30-19(12-33)25(40)41)31-22(37)17(10-14-5-7-15(35)8-6-14)28-21(36)16(27)4-2-3-9-26/h5-8,13,16-20,32-35H,2-4,9-12,26-27H2,1H3,(H,28,36)(H,29,39)(H,30,38)(H,31,37)(H,40,41)/t13-,16+,17+,18+,19+,20+/m1/s1. The SMILES string of the molecule is C[C@@H](O)[C@H](NC(=O)[C@H](Cc1ccc(O)cc1)NC(=O)[C@@H](N)CCCCN)C(=O)N[C@@H](CO)C(=O)N[C@@H](CO)C(=O)O. The van der Waals surface area contributed by atoms with Gasteiger partial charge in [-0.15, -0.1) is 0 Å². The van der Waals surface area contributed by atoms with Crippen molar-refractivity contribution in [2.75, 3.05) is 19.8 Å². The number of aromatic hydroxyl groups is 1. The minimum atomic E-state index is -1.70. The second kappa shape index (κ2) is 17.8. The van der Waals surface area contributed by atoms with Crippen LogP contribution in [0.3, 0.4) is 0 Å². The van der Waals surface area contributed by atoms with Crippen LogP contribution in [-0.2, 0) is 30.4 Å². The molecule has 0 bridgehead atoms. The number of nitrogens with two attached hydrogens (primary N) is 2. The van der Waals surface area contributed by atoms with Gasteiger partial charge in [0, 0.05) is 6.42 Å². The van der Waals surface area contributed by atoms with E-state index in [2.05, 4.69) is 16.0 Å². The number of aliphatic hydroxyl groups excluding tert-OH is 3. The van der Waals surface area contributed by atoms with Crippen molar-refractivity contribution < 1.29 is 49.5 Å². The molecule has 4 amide bonds. The molecule has 0 fully saturated rings. The third-order valence-corrected chi connectivity index (χ3v) is 5.99. The Hall–Kier alpha value is -3.83. The van der Waals surface area contributed by atoms with Gasteiger partial charge in [-0.25, -0.2) is 4.79 Å². The second-order valence-corrected chi connectivity index (χ2v) is 9.38. The Bertz CT molecular complexity index is 1020. The lowest BCUT2D eigenvalue weighted by molar-refractivity contribution is -0.143. The summed E-state index contributed by atoms with van der Waals surface area (Å²) in [6.07, 6.45) is -0.0724. The Morgan fingerprint density at radius 1 is 0.805 bits per heavy atom. The number of aliphatic hydroxyl groups is 3. The molecule has 1 aromatic rings. The number of nitrogens with one attached hydrogen (secondary N) is 4. The highest BCUT2D eigenvalue weighted by Crippen LogP contribution is 2.12. The Labute approximate surface area is 236 Å². The van der Waals surface area contributed by atoms with Gasteiger partial charge in [0.15, 0.2) is 0 Å². The molecule has 41 heavy (non-hydrogen) atoms. The van der Waals surface area contributed by atoms with E-state index in [9.17, 15) is 39.3 Å². The largest absolute Gasteiger partial charge is 0.508 e. The zero-order valence-corrected chi connectivity index (χ0v) is 22.7. The number of phenolic OH excluding ortho intramolecular Hbond substituents is 1. The van der Waals surface area contributed by atoms with Crippen LogP contribution in [0.25, 0.3) is 0 Å². The number of amides is 4. The highest BCUT2D eigenvalue weighted by molar-refractivity contribution is 5.95. The third kappa shape index (κ3) is 12.1. The molecule has 0 heterocycles. The molecule has 13 N–H and O–H groups in total. The van der Waals surface area contributed by atoms with Crippen molar-refractivity contribution in [3.05, 3.63) is 29.8 Å². The predicted molar refractivity (Wildman–Crippen MR) is 144 cm³/mol. The summed E-state index contributed by atoms with van der Waals surface area (Å²) < 4.78 is 0. The van der Waals surface area contributed by atoms with Crippen LogP contribution in [0.5, 0.6) is 5.75 Å². The molecule has 0 aliphatic heterocycles. The Morgan fingerprint density at radius 2 is 1.34 bits per heavy atom. The van der Waals surface area contributed by atoms with Crippen molar-refractivity contribution >= 4 is 29.6 Å². The van der Waals surface area contributed by atoms with Crippen LogP contribution in [0.4, 0.5) is 0 Å². The molecule has 0 aliphatic rings. The maximum Gasteiger partial charge on any atom is 0.328 e. The number of aliphatic carboxylic acids is 1. The molecule has 0 unspecified atom stereocenters. The van der Waals surface area contributed by atoms with Crippen molar-refractivity contribution in [2.45, 2.75) is 68.9 Å². The van der Waals surface area contributed by atoms with Crippen molar-refractivity contribution in [3.63, 3.8) is 0 Å². The lowest BCUT2D eigenvalue weighted by Gasteiger charge is -2.27. The molecule has 0 saturated heterocycles. The van der Waals surface area contributed by atoms with E-state index in [1.54, 1.807) is 0 Å². The molecule has 1 rings (SSSR count). The lowest BCUT2D eigenvalue weighted by Crippen LogP contribution is -2.61. The smallest absolute Gasteiger partial charge is 0.328 e. The topological polar surface area (TPSA) is 287 Å². The van der Waals surface area contributed by atoms with Gasteiger partial charge in [-0.1, -0.05) is 18.6 Å². The fourth-order valence-corrected chi connectivity index (χ4v) is 3.57. The van der Waals surface area contributed by atoms with E-state index in [4.69, 9.17) is 21.7 Å². The fourth-order valence-electron chi connectivity index (χ4n) is 3.57. The number of hydrogen-bond donors (Lipinski definition) is 11. The molecule has 16 nitrogen and oxygen atoms in total. The molecule has 0 spiro atoms. The molecule has 0 saturated carbocycles. The summed E-state index contributed by atoms with van der Waals surface area (Å²) in [5.41, 5.74) is 11.9. The van der Waals surface area contributed by atoms with Gasteiger partial charge >= 0.3 is 5.97 Å². The maximum absolute atomic E-state index is 13.3. The van der Waals surface area contributed by atoms with Gasteiger partial charge in [-0.05, 0) is 44.0 Å². The summed E-state index contributed by atoms with van der Waals surface area (Å²) in [5.74, 6) is -5.36. The molecule has 0 radical (unpaired) electrons. The molecular weight excluding hydrogens is 544 g/mol. The van der Waals surface area contributed by atoms with Crippen molar-refractivity contribution in [2.24, 2.45) is 11.5 Å². The van der Waals surface area contributed by atoms with Gasteiger partial charge in [0.2, 0.25) is 23.6 Å². The number of carboxylic acid groups (broad SMARTS) is 1. The summed E-state index contributed by atoms with van der Waals surface area (Å²) >= 11 is 0. The number of carbonyl (C=O) groups excluding carboxylic acids is 4. The zero-order chi connectivity index (χ0) is 31.1. The van der Waals surface area contributed by atoms with E-state index >= 15 is 0 Å². The van der Waals surface area contributed by atoms with E-state index in [0.29, 0.717) is 31.4 Å². The lowest BCUT2D eigenvalue weighted by atomic mass is 10.0. The van der Waals surface area contributed by atoms with Crippen LogP contribution in [-0.4, -0.2) is 111 Å². The van der Waals surface area contributed by atoms with Crippen molar-refractivity contribution in [1.82, 2.24) is 21.3 Å². The van der Waals surface area contributed by atoms with Crippen molar-refractivity contribution in [1.29, 1.82) is 0 Å². The number of phenols is 1. The fraction of sp³-hybridized carbons (Fsp3) is 0.560. The van der Waals surface area contributed by atoms with Gasteiger partial charge in [0.25, 0.3) is 0 Å². The van der Waals surface area contributed by atoms with Gasteiger partial charge in [0.1, 0.15) is 29.9 Å². The first-order valence-electron chi connectivity index (χ1n) is 12.9. The minimum absolute atomic E-state index is 0.0253. The molecule has 1 aromatic carbocycles. The van der Waals surface area contributed by atoms with Crippen molar-refractivity contribution in [3.8, 4) is 5.75 Å². The van der Waals surface area contributed by atoms with E-state index < -0.39 is 79.1 Å². The van der Waals surface area contributed by atoms with E-state index in [1.807, 2.05) is 5.32 Å². The Balaban J connectivity index is 3.07. The molecular formula is C25H40N6O10.